The van der Waals surface area contributed by atoms with Crippen molar-refractivity contribution in [3.63, 3.8) is 0 Å². The Kier molecular flexibility index (Phi) is 4.31. The van der Waals surface area contributed by atoms with Crippen LogP contribution in [0.15, 0.2) is 12.3 Å². The Morgan fingerprint density at radius 3 is 3.00 bits per heavy atom. The van der Waals surface area contributed by atoms with Crippen molar-refractivity contribution in [1.29, 1.82) is 0 Å². The van der Waals surface area contributed by atoms with Crippen molar-refractivity contribution in [2.24, 2.45) is 0 Å². The molecule has 7 nitrogen and oxygen atoms in total. The summed E-state index contributed by atoms with van der Waals surface area (Å²) in [6.07, 6.45) is 3.40. The van der Waals surface area contributed by atoms with Gasteiger partial charge < -0.3 is 11.1 Å². The Hall–Kier alpha value is -1.99. The van der Waals surface area contributed by atoms with Gasteiger partial charge in [0.15, 0.2) is 5.65 Å². The lowest BCUT2D eigenvalue weighted by Gasteiger charge is -2.06. The number of nitrogens with two attached hydrogens (primary N) is 1. The van der Waals surface area contributed by atoms with Crippen LogP contribution < -0.4 is 16.5 Å². The van der Waals surface area contributed by atoms with Gasteiger partial charge in [0.05, 0.1) is 22.9 Å². The second-order valence-electron chi connectivity index (χ2n) is 4.35. The number of hydroxylamine groups is 1. The van der Waals surface area contributed by atoms with E-state index in [1.807, 2.05) is 11.3 Å². The molecule has 0 radical (unpaired) electrons. The maximum Gasteiger partial charge on any atom is 0.262 e. The molecule has 0 aliphatic heterocycles. The number of hydrogen-bond acceptors (Lipinski definition) is 5. The number of amides is 1. The van der Waals surface area contributed by atoms with Gasteiger partial charge in [0.25, 0.3) is 5.91 Å². The lowest BCUT2D eigenvalue weighted by molar-refractivity contribution is -0.127. The Morgan fingerprint density at radius 2 is 2.35 bits per heavy atom. The maximum atomic E-state index is 11.1. The van der Waals surface area contributed by atoms with Crippen LogP contribution >= 0.6 is 11.6 Å². The van der Waals surface area contributed by atoms with Crippen LogP contribution in [-0.2, 0) is 11.2 Å². The quantitative estimate of drug-likeness (QED) is 0.494. The molecule has 0 spiro atoms. The fourth-order valence-electron chi connectivity index (χ4n) is 2.00. The lowest BCUT2D eigenvalue weighted by atomic mass is 10.2. The second kappa shape index (κ2) is 5.98. The smallest absolute Gasteiger partial charge is 0.262 e. The van der Waals surface area contributed by atoms with E-state index in [-0.39, 0.29) is 6.54 Å². The van der Waals surface area contributed by atoms with E-state index in [4.69, 9.17) is 22.5 Å². The van der Waals surface area contributed by atoms with Gasteiger partial charge >= 0.3 is 0 Å². The molecule has 2 rings (SSSR count). The van der Waals surface area contributed by atoms with Gasteiger partial charge in [-0.3, -0.25) is 14.4 Å². The van der Waals surface area contributed by atoms with Crippen LogP contribution in [0, 0.1) is 0 Å². The molecule has 0 fully saturated rings. The number of nitrogens with zero attached hydrogens (tertiary/aromatic N) is 2. The molecule has 2 aromatic heterocycles. The first-order chi connectivity index (χ1) is 9.56. The van der Waals surface area contributed by atoms with Crippen LogP contribution in [0.2, 0.25) is 5.02 Å². The fraction of sp³-hybridized carbons (Fsp3) is 0.333. The minimum absolute atomic E-state index is 0.0786. The topological polar surface area (TPSA) is 105 Å². The molecule has 0 atom stereocenters. The summed E-state index contributed by atoms with van der Waals surface area (Å²) in [4.78, 5) is 15.5. The third-order valence-electron chi connectivity index (χ3n) is 2.84. The molecule has 2 heterocycles. The molecular formula is C12H16ClN5O2. The largest absolute Gasteiger partial charge is 0.396 e. The Bertz CT molecular complexity index is 640. The van der Waals surface area contributed by atoms with E-state index >= 15 is 0 Å². The van der Waals surface area contributed by atoms with Crippen molar-refractivity contribution in [2.75, 3.05) is 17.6 Å². The molecule has 108 valence electrons. The highest BCUT2D eigenvalue weighted by Crippen LogP contribution is 2.25. The molecule has 0 aliphatic rings. The van der Waals surface area contributed by atoms with E-state index < -0.39 is 5.91 Å². The summed E-state index contributed by atoms with van der Waals surface area (Å²) in [6, 6.07) is 1.63. The molecule has 1 amide bonds. The molecule has 0 unspecified atom stereocenters. The van der Waals surface area contributed by atoms with Crippen molar-refractivity contribution in [2.45, 2.75) is 19.8 Å². The highest BCUT2D eigenvalue weighted by molar-refractivity contribution is 6.30. The molecule has 5 N–H and O–H groups in total. The van der Waals surface area contributed by atoms with Gasteiger partial charge in [0.1, 0.15) is 5.82 Å². The number of carbonyl (C=O) groups is 1. The first-order valence-electron chi connectivity index (χ1n) is 6.19. The molecule has 2 aromatic rings. The van der Waals surface area contributed by atoms with Crippen LogP contribution in [0.1, 0.15) is 19.0 Å². The number of aryl methyl sites for hydroxylation is 1. The molecule has 0 saturated heterocycles. The monoisotopic (exact) mass is 297 g/mol. The molecule has 0 aliphatic carbocycles. The van der Waals surface area contributed by atoms with Gasteiger partial charge in [-0.05, 0) is 12.5 Å². The van der Waals surface area contributed by atoms with Crippen LogP contribution in [0.25, 0.3) is 5.65 Å². The normalized spacial score (nSPS) is 10.8. The van der Waals surface area contributed by atoms with Crippen molar-refractivity contribution in [1.82, 2.24) is 14.9 Å². The van der Waals surface area contributed by atoms with Crippen molar-refractivity contribution >= 4 is 34.7 Å². The van der Waals surface area contributed by atoms with Gasteiger partial charge in [-0.15, -0.1) is 0 Å². The Morgan fingerprint density at radius 1 is 1.60 bits per heavy atom. The lowest BCUT2D eigenvalue weighted by Crippen LogP contribution is -2.27. The minimum Gasteiger partial charge on any atom is -0.396 e. The molecule has 0 saturated carbocycles. The number of nitrogens with one attached hydrogen (secondary N) is 2. The van der Waals surface area contributed by atoms with E-state index in [1.54, 1.807) is 17.7 Å². The number of anilines is 2. The zero-order valence-electron chi connectivity index (χ0n) is 11.0. The number of hydrogen-bond donors (Lipinski definition) is 4. The average molecular weight is 298 g/mol. The summed E-state index contributed by atoms with van der Waals surface area (Å²) in [5, 5.41) is 11.9. The number of rotatable bonds is 5. The number of pyridine rings is 1. The van der Waals surface area contributed by atoms with E-state index in [2.05, 4.69) is 10.3 Å². The second-order valence-corrected chi connectivity index (χ2v) is 4.79. The summed E-state index contributed by atoms with van der Waals surface area (Å²) in [5.41, 5.74) is 9.41. The van der Waals surface area contributed by atoms with Gasteiger partial charge in [0.2, 0.25) is 0 Å². The summed E-state index contributed by atoms with van der Waals surface area (Å²) in [6.45, 7) is 1.96. The maximum absolute atomic E-state index is 11.1. The fourth-order valence-corrected chi connectivity index (χ4v) is 2.22. The van der Waals surface area contributed by atoms with E-state index in [0.29, 0.717) is 22.2 Å². The van der Waals surface area contributed by atoms with Crippen molar-refractivity contribution < 1.29 is 10.0 Å². The predicted octanol–water partition coefficient (Wildman–Crippen LogP) is 1.44. The Balaban J connectivity index is 2.44. The highest BCUT2D eigenvalue weighted by Gasteiger charge is 2.14. The van der Waals surface area contributed by atoms with Crippen molar-refractivity contribution in [3.05, 3.63) is 23.0 Å². The minimum atomic E-state index is -0.546. The first kappa shape index (κ1) is 14.4. The third kappa shape index (κ3) is 2.78. The molecule has 0 bridgehead atoms. The number of carbonyl (C=O) groups excluding carboxylic acids is 1. The number of fused-ring (bicyclic) bond motifs is 1. The van der Waals surface area contributed by atoms with Crippen LogP contribution in [0.5, 0.6) is 0 Å². The molecule has 20 heavy (non-hydrogen) atoms. The van der Waals surface area contributed by atoms with Crippen molar-refractivity contribution in [3.8, 4) is 0 Å². The molecular weight excluding hydrogens is 282 g/mol. The molecule has 8 heteroatoms. The molecule has 0 aromatic carbocycles. The summed E-state index contributed by atoms with van der Waals surface area (Å²) in [7, 11) is 0. The number of nitrogen functional groups attached to an aromatic ring is 1. The standard InChI is InChI=1S/C12H16ClN5O2/c1-2-3-9-11(15-5-10(19)17-20)16-12-8(14)4-7(13)6-18(9)12/h4,6,15,20H,2-3,5,14H2,1H3,(H,17,19). The summed E-state index contributed by atoms with van der Waals surface area (Å²) < 4.78 is 1.82. The Labute approximate surface area is 120 Å². The van der Waals surface area contributed by atoms with Crippen LogP contribution in [-0.4, -0.2) is 27.0 Å². The predicted molar refractivity (Wildman–Crippen MR) is 77.0 cm³/mol. The number of halogens is 1. The van der Waals surface area contributed by atoms with Gasteiger partial charge in [-0.2, -0.15) is 0 Å². The number of imidazole rings is 1. The van der Waals surface area contributed by atoms with E-state index in [0.717, 1.165) is 18.5 Å². The average Bonchev–Trinajstić information content (AvgIpc) is 2.75. The third-order valence-corrected chi connectivity index (χ3v) is 3.05. The highest BCUT2D eigenvalue weighted by atomic mass is 35.5. The van der Waals surface area contributed by atoms with Gasteiger partial charge in [-0.1, -0.05) is 24.9 Å². The number of aromatic nitrogens is 2. The van der Waals surface area contributed by atoms with E-state index in [1.165, 1.54) is 0 Å². The first-order valence-corrected chi connectivity index (χ1v) is 6.57. The summed E-state index contributed by atoms with van der Waals surface area (Å²) in [5.74, 6) is 0.0138. The zero-order chi connectivity index (χ0) is 14.7. The van der Waals surface area contributed by atoms with Gasteiger partial charge in [-0.25, -0.2) is 10.5 Å². The van der Waals surface area contributed by atoms with Crippen LogP contribution in [0.3, 0.4) is 0 Å². The summed E-state index contributed by atoms with van der Waals surface area (Å²) >= 11 is 6.01. The zero-order valence-corrected chi connectivity index (χ0v) is 11.7. The van der Waals surface area contributed by atoms with E-state index in [9.17, 15) is 4.79 Å². The van der Waals surface area contributed by atoms with Gasteiger partial charge in [0, 0.05) is 6.20 Å². The van der Waals surface area contributed by atoms with Crippen LogP contribution in [0.4, 0.5) is 11.5 Å². The SMILES string of the molecule is CCCc1c(NCC(=O)NO)nc2c(N)cc(Cl)cn12.